The molecule has 0 unspecified atom stereocenters. The van der Waals surface area contributed by atoms with Crippen LogP contribution in [0.3, 0.4) is 0 Å². The van der Waals surface area contributed by atoms with Crippen molar-refractivity contribution >= 4 is 15.9 Å². The molecule has 100 valence electrons. The molecule has 0 fully saturated rings. The molecule has 0 atom stereocenters. The minimum atomic E-state index is -3.52. The van der Waals surface area contributed by atoms with Gasteiger partial charge in [-0.25, -0.2) is 13.1 Å². The highest BCUT2D eigenvalue weighted by Gasteiger charge is 2.14. The third-order valence-corrected chi connectivity index (χ3v) is 3.76. The van der Waals surface area contributed by atoms with Crippen LogP contribution in [0.2, 0.25) is 0 Å². The summed E-state index contributed by atoms with van der Waals surface area (Å²) in [5.41, 5.74) is 0.340. The van der Waals surface area contributed by atoms with Gasteiger partial charge in [0.05, 0.1) is 4.90 Å². The second-order valence-electron chi connectivity index (χ2n) is 4.34. The molecular formula is C12H18N2O3S. The van der Waals surface area contributed by atoms with Gasteiger partial charge in [0.1, 0.15) is 0 Å². The number of carbonyl (C=O) groups excluding carboxylic acids is 1. The lowest BCUT2D eigenvalue weighted by Gasteiger charge is -2.08. The number of rotatable bonds is 5. The van der Waals surface area contributed by atoms with E-state index >= 15 is 0 Å². The lowest BCUT2D eigenvalue weighted by Crippen LogP contribution is -2.27. The van der Waals surface area contributed by atoms with Crippen LogP contribution in [0.5, 0.6) is 0 Å². The summed E-state index contributed by atoms with van der Waals surface area (Å²) in [6.45, 7) is 4.53. The van der Waals surface area contributed by atoms with Crippen LogP contribution in [0.1, 0.15) is 24.2 Å². The summed E-state index contributed by atoms with van der Waals surface area (Å²) in [6.07, 6.45) is 0. The number of hydrogen-bond donors (Lipinski definition) is 2. The van der Waals surface area contributed by atoms with Crippen LogP contribution in [-0.2, 0) is 10.0 Å². The summed E-state index contributed by atoms with van der Waals surface area (Å²) < 4.78 is 25.4. The van der Waals surface area contributed by atoms with E-state index in [2.05, 4.69) is 10.0 Å². The molecule has 5 nitrogen and oxygen atoms in total. The van der Waals surface area contributed by atoms with Crippen LogP contribution < -0.4 is 10.0 Å². The summed E-state index contributed by atoms with van der Waals surface area (Å²) >= 11 is 0. The first-order valence-corrected chi connectivity index (χ1v) is 7.17. The quantitative estimate of drug-likeness (QED) is 0.837. The van der Waals surface area contributed by atoms with Gasteiger partial charge < -0.3 is 5.32 Å². The Morgan fingerprint density at radius 3 is 2.56 bits per heavy atom. The third kappa shape index (κ3) is 3.82. The first-order chi connectivity index (χ1) is 8.36. The molecule has 6 heteroatoms. The van der Waals surface area contributed by atoms with E-state index in [1.165, 1.54) is 19.2 Å². The van der Waals surface area contributed by atoms with Gasteiger partial charge in [0.15, 0.2) is 0 Å². The Kier molecular flexibility index (Phi) is 4.86. The van der Waals surface area contributed by atoms with E-state index in [9.17, 15) is 13.2 Å². The average molecular weight is 270 g/mol. The van der Waals surface area contributed by atoms with Crippen molar-refractivity contribution in [3.8, 4) is 0 Å². The Morgan fingerprint density at radius 1 is 1.33 bits per heavy atom. The Balaban J connectivity index is 2.92. The van der Waals surface area contributed by atoms with Gasteiger partial charge in [-0.05, 0) is 31.2 Å². The van der Waals surface area contributed by atoms with E-state index in [0.717, 1.165) is 0 Å². The second kappa shape index (κ2) is 5.97. The Bertz CT molecular complexity index is 524. The van der Waals surface area contributed by atoms with Gasteiger partial charge in [-0.1, -0.05) is 19.9 Å². The molecule has 1 rings (SSSR count). The molecule has 1 aromatic rings. The van der Waals surface area contributed by atoms with E-state index in [1.54, 1.807) is 12.1 Å². The van der Waals surface area contributed by atoms with Gasteiger partial charge in [0.2, 0.25) is 10.0 Å². The zero-order valence-electron chi connectivity index (χ0n) is 10.7. The van der Waals surface area contributed by atoms with Crippen molar-refractivity contribution in [2.45, 2.75) is 18.7 Å². The van der Waals surface area contributed by atoms with Crippen molar-refractivity contribution in [3.05, 3.63) is 29.8 Å². The lowest BCUT2D eigenvalue weighted by molar-refractivity contribution is 0.0949. The fourth-order valence-corrected chi connectivity index (χ4v) is 2.10. The van der Waals surface area contributed by atoms with Gasteiger partial charge in [-0.3, -0.25) is 4.79 Å². The highest BCUT2D eigenvalue weighted by atomic mass is 32.2. The Labute approximate surface area is 108 Å². The van der Waals surface area contributed by atoms with Gasteiger partial charge in [-0.2, -0.15) is 0 Å². The first kappa shape index (κ1) is 14.7. The maximum atomic E-state index is 11.8. The number of carbonyl (C=O) groups is 1. The topological polar surface area (TPSA) is 75.3 Å². The maximum Gasteiger partial charge on any atom is 0.251 e. The summed E-state index contributed by atoms with van der Waals surface area (Å²) in [4.78, 5) is 11.9. The molecule has 0 aliphatic carbocycles. The number of sulfonamides is 1. The molecule has 2 N–H and O–H groups in total. The molecule has 1 aromatic carbocycles. The molecule has 0 saturated heterocycles. The molecule has 0 heterocycles. The fourth-order valence-electron chi connectivity index (χ4n) is 1.32. The van der Waals surface area contributed by atoms with Gasteiger partial charge in [0, 0.05) is 12.1 Å². The highest BCUT2D eigenvalue weighted by molar-refractivity contribution is 7.89. The summed E-state index contributed by atoms with van der Waals surface area (Å²) in [6, 6.07) is 5.95. The van der Waals surface area contributed by atoms with Crippen LogP contribution in [-0.4, -0.2) is 27.9 Å². The van der Waals surface area contributed by atoms with Crippen molar-refractivity contribution in [2.75, 3.05) is 13.6 Å². The van der Waals surface area contributed by atoms with Crippen LogP contribution in [0.25, 0.3) is 0 Å². The first-order valence-electron chi connectivity index (χ1n) is 5.68. The number of hydrogen-bond acceptors (Lipinski definition) is 3. The smallest absolute Gasteiger partial charge is 0.251 e. The summed E-state index contributed by atoms with van der Waals surface area (Å²) in [7, 11) is -2.18. The minimum absolute atomic E-state index is 0.0854. The molecular weight excluding hydrogens is 252 g/mol. The molecule has 0 saturated carbocycles. The van der Waals surface area contributed by atoms with Crippen molar-refractivity contribution in [1.29, 1.82) is 0 Å². The standard InChI is InChI=1S/C12H18N2O3S/c1-9(2)8-14-12(15)10-5-4-6-11(7-10)18(16,17)13-3/h4-7,9,13H,8H2,1-3H3,(H,14,15). The second-order valence-corrected chi connectivity index (χ2v) is 6.23. The predicted octanol–water partition coefficient (Wildman–Crippen LogP) is 0.980. The van der Waals surface area contributed by atoms with Crippen LogP contribution in [0.4, 0.5) is 0 Å². The van der Waals surface area contributed by atoms with Crippen LogP contribution in [0.15, 0.2) is 29.2 Å². The number of amides is 1. The molecule has 0 spiro atoms. The Hall–Kier alpha value is -1.40. The number of nitrogens with one attached hydrogen (secondary N) is 2. The van der Waals surface area contributed by atoms with Crippen molar-refractivity contribution in [2.24, 2.45) is 5.92 Å². The molecule has 1 amide bonds. The van der Waals surface area contributed by atoms with Gasteiger partial charge >= 0.3 is 0 Å². The summed E-state index contributed by atoms with van der Waals surface area (Å²) in [5.74, 6) is 0.0787. The molecule has 18 heavy (non-hydrogen) atoms. The SMILES string of the molecule is CNS(=O)(=O)c1cccc(C(=O)NCC(C)C)c1. The van der Waals surface area contributed by atoms with E-state index < -0.39 is 10.0 Å². The Morgan fingerprint density at radius 2 is 2.00 bits per heavy atom. The molecule has 0 radical (unpaired) electrons. The zero-order valence-corrected chi connectivity index (χ0v) is 11.5. The lowest BCUT2D eigenvalue weighted by atomic mass is 10.2. The van der Waals surface area contributed by atoms with Gasteiger partial charge in [-0.15, -0.1) is 0 Å². The molecule has 0 aliphatic heterocycles. The fraction of sp³-hybridized carbons (Fsp3) is 0.417. The van der Waals surface area contributed by atoms with E-state index in [0.29, 0.717) is 18.0 Å². The van der Waals surface area contributed by atoms with Crippen molar-refractivity contribution in [3.63, 3.8) is 0 Å². The normalized spacial score (nSPS) is 11.6. The van der Waals surface area contributed by atoms with Crippen LogP contribution >= 0.6 is 0 Å². The van der Waals surface area contributed by atoms with Crippen molar-refractivity contribution < 1.29 is 13.2 Å². The average Bonchev–Trinajstić information content (AvgIpc) is 2.36. The monoisotopic (exact) mass is 270 g/mol. The molecule has 0 bridgehead atoms. The van der Waals surface area contributed by atoms with E-state index in [-0.39, 0.29) is 10.8 Å². The minimum Gasteiger partial charge on any atom is -0.352 e. The number of benzene rings is 1. The summed E-state index contributed by atoms with van der Waals surface area (Å²) in [5, 5.41) is 2.74. The predicted molar refractivity (Wildman–Crippen MR) is 69.9 cm³/mol. The molecule has 0 aromatic heterocycles. The third-order valence-electron chi connectivity index (χ3n) is 2.35. The van der Waals surface area contributed by atoms with Crippen LogP contribution in [0, 0.1) is 5.92 Å². The van der Waals surface area contributed by atoms with Crippen molar-refractivity contribution in [1.82, 2.24) is 10.0 Å². The van der Waals surface area contributed by atoms with E-state index in [4.69, 9.17) is 0 Å². The zero-order chi connectivity index (χ0) is 13.8. The highest BCUT2D eigenvalue weighted by Crippen LogP contribution is 2.11. The maximum absolute atomic E-state index is 11.8. The largest absolute Gasteiger partial charge is 0.352 e. The molecule has 0 aliphatic rings. The van der Waals surface area contributed by atoms with E-state index in [1.807, 2.05) is 13.8 Å². The van der Waals surface area contributed by atoms with Gasteiger partial charge in [0.25, 0.3) is 5.91 Å².